The van der Waals surface area contributed by atoms with E-state index in [0.717, 1.165) is 38.4 Å². The molecule has 2 heteroatoms. The SMILES string of the molecule is Oc1c(-c2cccc3ccccc23)cc(-c2cccc3ccccc23)c2cccnc12. The second-order valence-corrected chi connectivity index (χ2v) is 7.77. The Hall–Kier alpha value is -4.17. The third-order valence-corrected chi connectivity index (χ3v) is 6.03. The van der Waals surface area contributed by atoms with Crippen molar-refractivity contribution in [1.29, 1.82) is 0 Å². The van der Waals surface area contributed by atoms with Gasteiger partial charge in [-0.05, 0) is 50.4 Å². The fourth-order valence-electron chi connectivity index (χ4n) is 4.58. The molecule has 0 aliphatic heterocycles. The van der Waals surface area contributed by atoms with Gasteiger partial charge in [-0.15, -0.1) is 0 Å². The number of nitrogens with zero attached hydrogens (tertiary/aromatic N) is 1. The highest BCUT2D eigenvalue weighted by molar-refractivity contribution is 6.10. The molecule has 0 unspecified atom stereocenters. The van der Waals surface area contributed by atoms with Crippen LogP contribution in [0.1, 0.15) is 0 Å². The van der Waals surface area contributed by atoms with Crippen molar-refractivity contribution in [3.8, 4) is 28.0 Å². The number of pyridine rings is 1. The molecule has 0 spiro atoms. The Kier molecular flexibility index (Phi) is 3.97. The minimum atomic E-state index is 0.218. The van der Waals surface area contributed by atoms with Gasteiger partial charge in [-0.3, -0.25) is 4.98 Å². The molecule has 31 heavy (non-hydrogen) atoms. The van der Waals surface area contributed by atoms with Crippen LogP contribution in [0.15, 0.2) is 109 Å². The lowest BCUT2D eigenvalue weighted by molar-refractivity contribution is 0.482. The molecule has 2 nitrogen and oxygen atoms in total. The molecule has 1 N–H and O–H groups in total. The summed E-state index contributed by atoms with van der Waals surface area (Å²) in [5, 5.41) is 16.9. The monoisotopic (exact) mass is 397 g/mol. The number of hydrogen-bond donors (Lipinski definition) is 1. The molecule has 146 valence electrons. The number of phenols is 1. The summed E-state index contributed by atoms with van der Waals surface area (Å²) in [5.74, 6) is 0.218. The molecule has 0 aliphatic carbocycles. The van der Waals surface area contributed by atoms with E-state index in [-0.39, 0.29) is 5.75 Å². The fraction of sp³-hybridized carbons (Fsp3) is 0. The zero-order valence-electron chi connectivity index (χ0n) is 16.8. The van der Waals surface area contributed by atoms with Crippen molar-refractivity contribution in [3.63, 3.8) is 0 Å². The number of hydrogen-bond acceptors (Lipinski definition) is 2. The highest BCUT2D eigenvalue weighted by Crippen LogP contribution is 2.44. The maximum Gasteiger partial charge on any atom is 0.149 e. The number of phenolic OH excluding ortho intramolecular Hbond substituents is 1. The van der Waals surface area contributed by atoms with Crippen LogP contribution in [0.2, 0.25) is 0 Å². The Balaban J connectivity index is 1.75. The first-order valence-electron chi connectivity index (χ1n) is 10.4. The zero-order valence-corrected chi connectivity index (χ0v) is 16.8. The molecular weight excluding hydrogens is 378 g/mol. The lowest BCUT2D eigenvalue weighted by Crippen LogP contribution is -1.91. The van der Waals surface area contributed by atoms with Gasteiger partial charge in [-0.1, -0.05) is 91.0 Å². The molecule has 0 radical (unpaired) electrons. The Labute approximate surface area is 180 Å². The Morgan fingerprint density at radius 2 is 1.03 bits per heavy atom. The van der Waals surface area contributed by atoms with Crippen LogP contribution in [-0.4, -0.2) is 10.1 Å². The van der Waals surface area contributed by atoms with Gasteiger partial charge in [-0.2, -0.15) is 0 Å². The normalized spacial score (nSPS) is 11.4. The highest BCUT2D eigenvalue weighted by atomic mass is 16.3. The smallest absolute Gasteiger partial charge is 0.149 e. The van der Waals surface area contributed by atoms with Crippen LogP contribution in [0, 0.1) is 0 Å². The number of rotatable bonds is 2. The van der Waals surface area contributed by atoms with Crippen molar-refractivity contribution in [3.05, 3.63) is 109 Å². The summed E-state index contributed by atoms with van der Waals surface area (Å²) in [7, 11) is 0. The van der Waals surface area contributed by atoms with E-state index >= 15 is 0 Å². The summed E-state index contributed by atoms with van der Waals surface area (Å²) >= 11 is 0. The molecule has 0 bridgehead atoms. The molecule has 1 aromatic heterocycles. The second kappa shape index (κ2) is 6.96. The van der Waals surface area contributed by atoms with Crippen LogP contribution in [0.3, 0.4) is 0 Å². The molecule has 6 aromatic rings. The first-order valence-corrected chi connectivity index (χ1v) is 10.4. The number of aromatic hydroxyl groups is 1. The second-order valence-electron chi connectivity index (χ2n) is 7.77. The molecule has 0 aliphatic rings. The average molecular weight is 397 g/mol. The van der Waals surface area contributed by atoms with E-state index in [1.54, 1.807) is 6.20 Å². The van der Waals surface area contributed by atoms with Gasteiger partial charge in [0.25, 0.3) is 0 Å². The van der Waals surface area contributed by atoms with Crippen molar-refractivity contribution in [1.82, 2.24) is 4.98 Å². The molecular formula is C29H19NO. The van der Waals surface area contributed by atoms with Crippen LogP contribution in [0.4, 0.5) is 0 Å². The van der Waals surface area contributed by atoms with Crippen molar-refractivity contribution < 1.29 is 5.11 Å². The molecule has 0 saturated carbocycles. The first-order chi connectivity index (χ1) is 15.3. The van der Waals surface area contributed by atoms with Gasteiger partial charge in [0, 0.05) is 17.1 Å². The van der Waals surface area contributed by atoms with Gasteiger partial charge in [-0.25, -0.2) is 0 Å². The van der Waals surface area contributed by atoms with E-state index in [1.807, 2.05) is 30.3 Å². The van der Waals surface area contributed by atoms with E-state index in [0.29, 0.717) is 5.52 Å². The summed E-state index contributed by atoms with van der Waals surface area (Å²) in [5.41, 5.74) is 4.63. The summed E-state index contributed by atoms with van der Waals surface area (Å²) in [6, 6.07) is 35.3. The third-order valence-electron chi connectivity index (χ3n) is 6.03. The molecule has 0 amide bonds. The molecule has 0 saturated heterocycles. The molecule has 6 rings (SSSR count). The Morgan fingerprint density at radius 3 is 1.71 bits per heavy atom. The van der Waals surface area contributed by atoms with Crippen LogP contribution in [0.25, 0.3) is 54.7 Å². The lowest BCUT2D eigenvalue weighted by atomic mass is 9.90. The summed E-state index contributed by atoms with van der Waals surface area (Å²) in [6.07, 6.45) is 1.74. The molecule has 5 aromatic carbocycles. The van der Waals surface area contributed by atoms with Crippen LogP contribution in [-0.2, 0) is 0 Å². The fourth-order valence-corrected chi connectivity index (χ4v) is 4.58. The standard InChI is InChI=1S/C29H19NO/c31-29-27(24-15-6-11-20-9-2-4-13-22(20)24)18-26(25-16-7-17-30-28(25)29)23-14-5-10-19-8-1-3-12-21(19)23/h1-18,31H. The van der Waals surface area contributed by atoms with Gasteiger partial charge in [0.2, 0.25) is 0 Å². The summed E-state index contributed by atoms with van der Waals surface area (Å²) in [6.45, 7) is 0. The summed E-state index contributed by atoms with van der Waals surface area (Å²) < 4.78 is 0. The quantitative estimate of drug-likeness (QED) is 0.327. The Morgan fingerprint density at radius 1 is 0.484 bits per heavy atom. The van der Waals surface area contributed by atoms with Crippen LogP contribution < -0.4 is 0 Å². The predicted octanol–water partition coefficient (Wildman–Crippen LogP) is 7.58. The number of benzene rings is 5. The minimum Gasteiger partial charge on any atom is -0.505 e. The van der Waals surface area contributed by atoms with Crippen LogP contribution >= 0.6 is 0 Å². The van der Waals surface area contributed by atoms with E-state index in [1.165, 1.54) is 10.8 Å². The van der Waals surface area contributed by atoms with Gasteiger partial charge in [0.15, 0.2) is 0 Å². The minimum absolute atomic E-state index is 0.218. The van der Waals surface area contributed by atoms with E-state index in [9.17, 15) is 5.11 Å². The predicted molar refractivity (Wildman–Crippen MR) is 129 cm³/mol. The highest BCUT2D eigenvalue weighted by Gasteiger charge is 2.17. The molecule has 1 heterocycles. The van der Waals surface area contributed by atoms with Crippen LogP contribution in [0.5, 0.6) is 5.75 Å². The van der Waals surface area contributed by atoms with Gasteiger partial charge >= 0.3 is 0 Å². The van der Waals surface area contributed by atoms with Crippen molar-refractivity contribution in [2.24, 2.45) is 0 Å². The van der Waals surface area contributed by atoms with E-state index in [4.69, 9.17) is 0 Å². The zero-order chi connectivity index (χ0) is 20.8. The van der Waals surface area contributed by atoms with Crippen molar-refractivity contribution in [2.45, 2.75) is 0 Å². The molecule has 0 atom stereocenters. The number of fused-ring (bicyclic) bond motifs is 3. The average Bonchev–Trinajstić information content (AvgIpc) is 2.84. The maximum absolute atomic E-state index is 11.3. The summed E-state index contributed by atoms with van der Waals surface area (Å²) in [4.78, 5) is 4.56. The van der Waals surface area contributed by atoms with E-state index in [2.05, 4.69) is 77.8 Å². The third kappa shape index (κ3) is 2.77. The number of aromatic nitrogens is 1. The largest absolute Gasteiger partial charge is 0.505 e. The topological polar surface area (TPSA) is 33.1 Å². The first kappa shape index (κ1) is 17.7. The molecule has 0 fully saturated rings. The van der Waals surface area contributed by atoms with E-state index < -0.39 is 0 Å². The van der Waals surface area contributed by atoms with Crippen molar-refractivity contribution in [2.75, 3.05) is 0 Å². The van der Waals surface area contributed by atoms with Gasteiger partial charge in [0.1, 0.15) is 11.3 Å². The van der Waals surface area contributed by atoms with Crippen molar-refractivity contribution >= 4 is 32.4 Å². The maximum atomic E-state index is 11.3. The van der Waals surface area contributed by atoms with Gasteiger partial charge < -0.3 is 5.11 Å². The van der Waals surface area contributed by atoms with Gasteiger partial charge in [0.05, 0.1) is 0 Å². The Bertz CT molecular complexity index is 1590. The lowest BCUT2D eigenvalue weighted by Gasteiger charge is -2.16.